The Morgan fingerprint density at radius 2 is 1.88 bits per heavy atom. The van der Waals surface area contributed by atoms with Crippen molar-refractivity contribution in [3.8, 4) is 11.5 Å². The minimum atomic E-state index is 0.491. The van der Waals surface area contributed by atoms with E-state index in [1.54, 1.807) is 14.2 Å². The molecule has 17 heavy (non-hydrogen) atoms. The van der Waals surface area contributed by atoms with Crippen LogP contribution in [-0.4, -0.2) is 19.0 Å². The van der Waals surface area contributed by atoms with E-state index in [1.165, 1.54) is 5.56 Å². The second-order valence-electron chi connectivity index (χ2n) is 4.61. The molecule has 1 aromatic rings. The normalized spacial score (nSPS) is 12.6. The lowest BCUT2D eigenvalue weighted by molar-refractivity contribution is 0.390. The molecule has 0 fully saturated rings. The monoisotopic (exact) mass is 300 g/mol. The summed E-state index contributed by atoms with van der Waals surface area (Å²) in [6, 6.07) is 5.99. The number of alkyl halides is 1. The standard InChI is InChI=1S/C14H21BrO2/c1-10(2)7-12(15)8-11-5-6-13(16-3)9-14(11)17-4/h5-6,9-10,12H,7-8H2,1-4H3. The first-order valence-corrected chi connectivity index (χ1v) is 6.83. The molecule has 0 aromatic heterocycles. The van der Waals surface area contributed by atoms with Crippen LogP contribution in [0.15, 0.2) is 18.2 Å². The summed E-state index contributed by atoms with van der Waals surface area (Å²) >= 11 is 3.73. The summed E-state index contributed by atoms with van der Waals surface area (Å²) in [5.74, 6) is 2.43. The first kappa shape index (κ1) is 14.4. The highest BCUT2D eigenvalue weighted by Gasteiger charge is 2.12. The SMILES string of the molecule is COc1ccc(CC(Br)CC(C)C)c(OC)c1. The first-order chi connectivity index (χ1) is 8.06. The fourth-order valence-corrected chi connectivity index (χ4v) is 2.95. The largest absolute Gasteiger partial charge is 0.497 e. The predicted octanol–water partition coefficient (Wildman–Crippen LogP) is 4.06. The molecule has 0 heterocycles. The molecule has 1 atom stereocenters. The van der Waals surface area contributed by atoms with Gasteiger partial charge >= 0.3 is 0 Å². The lowest BCUT2D eigenvalue weighted by Crippen LogP contribution is -2.07. The van der Waals surface area contributed by atoms with E-state index < -0.39 is 0 Å². The van der Waals surface area contributed by atoms with Gasteiger partial charge < -0.3 is 9.47 Å². The van der Waals surface area contributed by atoms with Gasteiger partial charge in [-0.3, -0.25) is 0 Å². The maximum atomic E-state index is 5.39. The molecule has 0 aliphatic carbocycles. The summed E-state index contributed by atoms with van der Waals surface area (Å²) in [6.45, 7) is 4.47. The van der Waals surface area contributed by atoms with E-state index in [-0.39, 0.29) is 0 Å². The summed E-state index contributed by atoms with van der Waals surface area (Å²) in [5, 5.41) is 0. The van der Waals surface area contributed by atoms with Crippen molar-refractivity contribution in [2.45, 2.75) is 31.5 Å². The summed E-state index contributed by atoms with van der Waals surface area (Å²) in [6.07, 6.45) is 2.14. The van der Waals surface area contributed by atoms with Crippen molar-refractivity contribution in [3.63, 3.8) is 0 Å². The summed E-state index contributed by atoms with van der Waals surface area (Å²) in [7, 11) is 3.37. The Labute approximate surface area is 112 Å². The molecule has 0 aliphatic heterocycles. The zero-order chi connectivity index (χ0) is 12.8. The van der Waals surface area contributed by atoms with E-state index in [4.69, 9.17) is 9.47 Å². The molecular weight excluding hydrogens is 280 g/mol. The second-order valence-corrected chi connectivity index (χ2v) is 5.90. The second kappa shape index (κ2) is 6.90. The predicted molar refractivity (Wildman–Crippen MR) is 75.4 cm³/mol. The zero-order valence-corrected chi connectivity index (χ0v) is 12.6. The fourth-order valence-electron chi connectivity index (χ4n) is 1.85. The molecule has 96 valence electrons. The zero-order valence-electron chi connectivity index (χ0n) is 11.0. The molecule has 0 bridgehead atoms. The Bertz CT molecular complexity index is 350. The van der Waals surface area contributed by atoms with Crippen LogP contribution in [0.4, 0.5) is 0 Å². The highest BCUT2D eigenvalue weighted by molar-refractivity contribution is 9.09. The summed E-state index contributed by atoms with van der Waals surface area (Å²) in [5.41, 5.74) is 1.22. The minimum absolute atomic E-state index is 0.491. The van der Waals surface area contributed by atoms with E-state index >= 15 is 0 Å². The van der Waals surface area contributed by atoms with Crippen LogP contribution < -0.4 is 9.47 Å². The Kier molecular flexibility index (Phi) is 5.83. The van der Waals surface area contributed by atoms with Crippen molar-refractivity contribution in [1.82, 2.24) is 0 Å². The van der Waals surface area contributed by atoms with Crippen LogP contribution >= 0.6 is 15.9 Å². The van der Waals surface area contributed by atoms with Crippen LogP contribution in [0.25, 0.3) is 0 Å². The highest BCUT2D eigenvalue weighted by Crippen LogP contribution is 2.28. The van der Waals surface area contributed by atoms with Crippen LogP contribution in [-0.2, 0) is 6.42 Å². The van der Waals surface area contributed by atoms with Crippen molar-refractivity contribution in [2.24, 2.45) is 5.92 Å². The first-order valence-electron chi connectivity index (χ1n) is 5.91. The van der Waals surface area contributed by atoms with E-state index in [1.807, 2.05) is 12.1 Å². The maximum Gasteiger partial charge on any atom is 0.125 e. The number of rotatable bonds is 6. The van der Waals surface area contributed by atoms with Gasteiger partial charge in [-0.05, 0) is 30.4 Å². The average molecular weight is 301 g/mol. The molecule has 3 heteroatoms. The Morgan fingerprint density at radius 3 is 2.41 bits per heavy atom. The molecular formula is C14H21BrO2. The molecule has 0 radical (unpaired) electrons. The van der Waals surface area contributed by atoms with Crippen molar-refractivity contribution in [1.29, 1.82) is 0 Å². The summed E-state index contributed by atoms with van der Waals surface area (Å²) in [4.78, 5) is 0.491. The van der Waals surface area contributed by atoms with Crippen molar-refractivity contribution in [3.05, 3.63) is 23.8 Å². The molecule has 1 rings (SSSR count). The van der Waals surface area contributed by atoms with Gasteiger partial charge in [0.1, 0.15) is 11.5 Å². The van der Waals surface area contributed by atoms with Crippen LogP contribution in [0.5, 0.6) is 11.5 Å². The molecule has 0 saturated carbocycles. The third kappa shape index (κ3) is 4.58. The third-order valence-electron chi connectivity index (χ3n) is 2.66. The van der Waals surface area contributed by atoms with Crippen molar-refractivity contribution in [2.75, 3.05) is 14.2 Å². The van der Waals surface area contributed by atoms with Gasteiger partial charge in [-0.1, -0.05) is 35.8 Å². The lowest BCUT2D eigenvalue weighted by atomic mass is 10.0. The fraction of sp³-hybridized carbons (Fsp3) is 0.571. The van der Waals surface area contributed by atoms with Crippen LogP contribution in [0.3, 0.4) is 0 Å². The molecule has 0 spiro atoms. The number of ether oxygens (including phenoxy) is 2. The van der Waals surface area contributed by atoms with Gasteiger partial charge in [-0.15, -0.1) is 0 Å². The van der Waals surface area contributed by atoms with E-state index in [0.29, 0.717) is 10.7 Å². The average Bonchev–Trinajstić information content (AvgIpc) is 2.28. The molecule has 0 amide bonds. The van der Waals surface area contributed by atoms with Crippen LogP contribution in [0.1, 0.15) is 25.8 Å². The highest BCUT2D eigenvalue weighted by atomic mass is 79.9. The molecule has 0 aliphatic rings. The topological polar surface area (TPSA) is 18.5 Å². The molecule has 1 unspecified atom stereocenters. The Balaban J connectivity index is 2.76. The smallest absolute Gasteiger partial charge is 0.125 e. The quantitative estimate of drug-likeness (QED) is 0.738. The maximum absolute atomic E-state index is 5.39. The van der Waals surface area contributed by atoms with Gasteiger partial charge in [0.2, 0.25) is 0 Å². The number of halogens is 1. The Morgan fingerprint density at radius 1 is 1.18 bits per heavy atom. The van der Waals surface area contributed by atoms with E-state index in [9.17, 15) is 0 Å². The lowest BCUT2D eigenvalue weighted by Gasteiger charge is -2.15. The molecule has 1 aromatic carbocycles. The number of hydrogen-bond donors (Lipinski definition) is 0. The number of hydrogen-bond acceptors (Lipinski definition) is 2. The molecule has 0 saturated heterocycles. The number of benzene rings is 1. The van der Waals surface area contributed by atoms with E-state index in [0.717, 1.165) is 24.3 Å². The van der Waals surface area contributed by atoms with Gasteiger partial charge in [0.05, 0.1) is 14.2 Å². The van der Waals surface area contributed by atoms with Crippen molar-refractivity contribution >= 4 is 15.9 Å². The van der Waals surface area contributed by atoms with Gasteiger partial charge in [-0.25, -0.2) is 0 Å². The van der Waals surface area contributed by atoms with Gasteiger partial charge in [0, 0.05) is 10.9 Å². The van der Waals surface area contributed by atoms with Gasteiger partial charge in [0.25, 0.3) is 0 Å². The Hall–Kier alpha value is -0.700. The summed E-state index contributed by atoms with van der Waals surface area (Å²) < 4.78 is 10.6. The van der Waals surface area contributed by atoms with Crippen LogP contribution in [0.2, 0.25) is 0 Å². The van der Waals surface area contributed by atoms with Gasteiger partial charge in [-0.2, -0.15) is 0 Å². The van der Waals surface area contributed by atoms with Crippen LogP contribution in [0, 0.1) is 5.92 Å². The van der Waals surface area contributed by atoms with E-state index in [2.05, 4.69) is 35.8 Å². The van der Waals surface area contributed by atoms with Crippen molar-refractivity contribution < 1.29 is 9.47 Å². The number of methoxy groups -OCH3 is 2. The molecule has 2 nitrogen and oxygen atoms in total. The third-order valence-corrected chi connectivity index (χ3v) is 3.36. The minimum Gasteiger partial charge on any atom is -0.497 e. The molecule has 0 N–H and O–H groups in total. The van der Waals surface area contributed by atoms with Gasteiger partial charge in [0.15, 0.2) is 0 Å².